The van der Waals surface area contributed by atoms with E-state index in [1.165, 1.54) is 20.3 Å². The molecule has 2 aromatic heterocycles. The number of fused-ring (bicyclic) bond motifs is 5. The smallest absolute Gasteiger partial charge is 0.348 e. The molecule has 4 aromatic rings. The summed E-state index contributed by atoms with van der Waals surface area (Å²) in [7, 11) is 2.77. The number of aromatic hydroxyl groups is 1. The average molecular weight is 312 g/mol. The second-order valence-electron chi connectivity index (χ2n) is 5.03. The molecule has 1 N–H and O–H groups in total. The van der Waals surface area contributed by atoms with Crippen LogP contribution >= 0.6 is 0 Å². The minimum Gasteiger partial charge on any atom is -0.504 e. The van der Waals surface area contributed by atoms with Gasteiger partial charge in [-0.05, 0) is 18.2 Å². The van der Waals surface area contributed by atoms with E-state index in [9.17, 15) is 9.90 Å². The first-order valence-electron chi connectivity index (χ1n) is 6.87. The van der Waals surface area contributed by atoms with Crippen molar-refractivity contribution in [3.63, 3.8) is 0 Å². The predicted molar refractivity (Wildman–Crippen MR) is 84.5 cm³/mol. The lowest BCUT2D eigenvalue weighted by Gasteiger charge is -2.11. The maximum Gasteiger partial charge on any atom is 0.348 e. The van der Waals surface area contributed by atoms with Crippen LogP contribution in [0.1, 0.15) is 0 Å². The normalized spacial score (nSPS) is 11.4. The van der Waals surface area contributed by atoms with Crippen LogP contribution in [0.5, 0.6) is 17.2 Å². The SMILES string of the molecule is COc1c(O)cc2c(c1OC)c(=O)oc1c3ccccc3oc21. The Labute approximate surface area is 129 Å². The van der Waals surface area contributed by atoms with E-state index < -0.39 is 5.63 Å². The number of ether oxygens (including phenoxy) is 2. The van der Waals surface area contributed by atoms with Crippen LogP contribution in [0, 0.1) is 0 Å². The fourth-order valence-electron chi connectivity index (χ4n) is 2.84. The molecule has 116 valence electrons. The van der Waals surface area contributed by atoms with E-state index >= 15 is 0 Å². The van der Waals surface area contributed by atoms with Gasteiger partial charge in [-0.1, -0.05) is 12.1 Å². The highest BCUT2D eigenvalue weighted by Crippen LogP contribution is 2.44. The predicted octanol–water partition coefficient (Wildman–Crippen LogP) is 3.42. The Morgan fingerprint density at radius 3 is 2.39 bits per heavy atom. The van der Waals surface area contributed by atoms with Gasteiger partial charge >= 0.3 is 5.63 Å². The third-order valence-corrected chi connectivity index (χ3v) is 3.82. The number of phenols is 1. The van der Waals surface area contributed by atoms with Gasteiger partial charge in [-0.15, -0.1) is 0 Å². The van der Waals surface area contributed by atoms with Gasteiger partial charge in [0, 0.05) is 5.39 Å². The molecule has 0 radical (unpaired) electrons. The van der Waals surface area contributed by atoms with E-state index in [1.807, 2.05) is 12.1 Å². The van der Waals surface area contributed by atoms with Crippen LogP contribution in [0.3, 0.4) is 0 Å². The van der Waals surface area contributed by atoms with Gasteiger partial charge < -0.3 is 23.4 Å². The molecule has 0 spiro atoms. The van der Waals surface area contributed by atoms with Crippen molar-refractivity contribution in [2.45, 2.75) is 0 Å². The van der Waals surface area contributed by atoms with E-state index in [1.54, 1.807) is 12.1 Å². The first-order chi connectivity index (χ1) is 11.2. The second-order valence-corrected chi connectivity index (χ2v) is 5.03. The number of phenolic OH excluding ortho intramolecular Hbond substituents is 1. The summed E-state index contributed by atoms with van der Waals surface area (Å²) in [4.78, 5) is 12.5. The Balaban J connectivity index is 2.31. The molecule has 0 amide bonds. The summed E-state index contributed by atoms with van der Waals surface area (Å²) in [6.07, 6.45) is 0. The lowest BCUT2D eigenvalue weighted by atomic mass is 10.1. The molecular formula is C17H12O6. The summed E-state index contributed by atoms with van der Waals surface area (Å²) in [5.41, 5.74) is 0.711. The number of hydrogen-bond donors (Lipinski definition) is 1. The number of methoxy groups -OCH3 is 2. The van der Waals surface area contributed by atoms with Gasteiger partial charge in [0.05, 0.1) is 19.6 Å². The summed E-state index contributed by atoms with van der Waals surface area (Å²) in [6, 6.07) is 8.65. The third kappa shape index (κ3) is 1.72. The summed E-state index contributed by atoms with van der Waals surface area (Å²) in [6.45, 7) is 0. The van der Waals surface area contributed by atoms with Gasteiger partial charge in [0.15, 0.2) is 22.7 Å². The van der Waals surface area contributed by atoms with Crippen LogP contribution in [0.25, 0.3) is 32.9 Å². The van der Waals surface area contributed by atoms with E-state index in [2.05, 4.69) is 0 Å². The molecule has 6 heteroatoms. The van der Waals surface area contributed by atoms with Gasteiger partial charge in [-0.2, -0.15) is 0 Å². The molecule has 2 aromatic carbocycles. The molecule has 0 bridgehead atoms. The van der Waals surface area contributed by atoms with Gasteiger partial charge in [0.2, 0.25) is 5.75 Å². The summed E-state index contributed by atoms with van der Waals surface area (Å²) in [5.74, 6) is 0.0329. The van der Waals surface area contributed by atoms with Gasteiger partial charge in [-0.25, -0.2) is 4.79 Å². The van der Waals surface area contributed by atoms with Crippen molar-refractivity contribution >= 4 is 32.9 Å². The fraction of sp³-hybridized carbons (Fsp3) is 0.118. The fourth-order valence-corrected chi connectivity index (χ4v) is 2.84. The Kier molecular flexibility index (Phi) is 2.74. The lowest BCUT2D eigenvalue weighted by molar-refractivity contribution is 0.335. The van der Waals surface area contributed by atoms with Crippen molar-refractivity contribution in [1.82, 2.24) is 0 Å². The zero-order valence-corrected chi connectivity index (χ0v) is 12.4. The standard InChI is InChI=1S/C17H12O6/c1-20-15-10(18)7-9-12(16(15)21-2)17(19)23-13-8-5-3-4-6-11(8)22-14(9)13/h3-7,18H,1-2H3. The summed E-state index contributed by atoms with van der Waals surface area (Å²) < 4.78 is 21.6. The Morgan fingerprint density at radius 2 is 1.65 bits per heavy atom. The van der Waals surface area contributed by atoms with Crippen LogP contribution in [0.2, 0.25) is 0 Å². The topological polar surface area (TPSA) is 82.0 Å². The zero-order valence-electron chi connectivity index (χ0n) is 12.4. The Bertz CT molecular complexity index is 1120. The van der Waals surface area contributed by atoms with Crippen molar-refractivity contribution in [1.29, 1.82) is 0 Å². The molecule has 2 heterocycles. The van der Waals surface area contributed by atoms with Crippen LogP contribution in [-0.2, 0) is 0 Å². The summed E-state index contributed by atoms with van der Waals surface area (Å²) >= 11 is 0. The first kappa shape index (κ1) is 13.5. The zero-order chi connectivity index (χ0) is 16.1. The molecule has 0 saturated carbocycles. The van der Waals surface area contributed by atoms with E-state index in [0.717, 1.165) is 0 Å². The molecule has 0 unspecified atom stereocenters. The average Bonchev–Trinajstić information content (AvgIpc) is 2.92. The van der Waals surface area contributed by atoms with Crippen molar-refractivity contribution in [2.75, 3.05) is 14.2 Å². The number of hydrogen-bond acceptors (Lipinski definition) is 6. The molecular weight excluding hydrogens is 300 g/mol. The monoisotopic (exact) mass is 312 g/mol. The van der Waals surface area contributed by atoms with E-state index in [-0.39, 0.29) is 22.6 Å². The molecule has 6 nitrogen and oxygen atoms in total. The van der Waals surface area contributed by atoms with Gasteiger partial charge in [0.1, 0.15) is 11.0 Å². The quantitative estimate of drug-likeness (QED) is 0.611. The molecule has 0 fully saturated rings. The number of para-hydroxylation sites is 1. The van der Waals surface area contributed by atoms with Crippen molar-refractivity contribution in [3.05, 3.63) is 40.8 Å². The number of benzene rings is 2. The third-order valence-electron chi connectivity index (χ3n) is 3.82. The maximum atomic E-state index is 12.5. The molecule has 0 atom stereocenters. The molecule has 0 aliphatic rings. The molecule has 23 heavy (non-hydrogen) atoms. The minimum absolute atomic E-state index is 0.0720. The molecule has 4 rings (SSSR count). The maximum absolute atomic E-state index is 12.5. The van der Waals surface area contributed by atoms with Crippen molar-refractivity contribution < 1.29 is 23.4 Å². The summed E-state index contributed by atoms with van der Waals surface area (Å²) in [5, 5.41) is 11.4. The highest BCUT2D eigenvalue weighted by Gasteiger charge is 2.23. The van der Waals surface area contributed by atoms with Gasteiger partial charge in [0.25, 0.3) is 0 Å². The largest absolute Gasteiger partial charge is 0.504 e. The lowest BCUT2D eigenvalue weighted by Crippen LogP contribution is -2.03. The second kappa shape index (κ2) is 4.67. The van der Waals surface area contributed by atoms with E-state index in [0.29, 0.717) is 27.5 Å². The van der Waals surface area contributed by atoms with Crippen molar-refractivity contribution in [3.8, 4) is 17.2 Å². The van der Waals surface area contributed by atoms with Crippen LogP contribution in [-0.4, -0.2) is 19.3 Å². The van der Waals surface area contributed by atoms with Crippen molar-refractivity contribution in [2.24, 2.45) is 0 Å². The Hall–Kier alpha value is -3.15. The van der Waals surface area contributed by atoms with E-state index in [4.69, 9.17) is 18.3 Å². The minimum atomic E-state index is -0.589. The van der Waals surface area contributed by atoms with Gasteiger partial charge in [-0.3, -0.25) is 0 Å². The highest BCUT2D eigenvalue weighted by atomic mass is 16.5. The Morgan fingerprint density at radius 1 is 0.957 bits per heavy atom. The van der Waals surface area contributed by atoms with Crippen LogP contribution < -0.4 is 15.1 Å². The molecule has 0 aliphatic carbocycles. The number of rotatable bonds is 2. The highest BCUT2D eigenvalue weighted by molar-refractivity contribution is 6.13. The molecule has 0 aliphatic heterocycles. The number of furan rings is 1. The first-order valence-corrected chi connectivity index (χ1v) is 6.87. The van der Waals surface area contributed by atoms with Crippen LogP contribution in [0.4, 0.5) is 0 Å². The van der Waals surface area contributed by atoms with Crippen LogP contribution in [0.15, 0.2) is 44.0 Å². The molecule has 0 saturated heterocycles.